The zero-order valence-electron chi connectivity index (χ0n) is 15.5. The van der Waals surface area contributed by atoms with Gasteiger partial charge in [-0.3, -0.25) is 4.79 Å². The molecule has 1 amide bonds. The van der Waals surface area contributed by atoms with Crippen LogP contribution in [-0.4, -0.2) is 32.2 Å². The van der Waals surface area contributed by atoms with Crippen LogP contribution in [0.3, 0.4) is 0 Å². The van der Waals surface area contributed by atoms with Gasteiger partial charge in [0.15, 0.2) is 18.0 Å². The number of hydrogen-bond acceptors (Lipinski definition) is 3. The number of carbonyl (C=O) groups is 1. The molecule has 2 N–H and O–H groups in total. The Balaban J connectivity index is 1.37. The molecule has 5 nitrogen and oxygen atoms in total. The van der Waals surface area contributed by atoms with Crippen molar-refractivity contribution in [1.82, 2.24) is 5.32 Å². The standard InChI is InChI=1S/C21H22Cl2N2O3/c22-16-5-3-15(17(23)11-16)12-24-21(26)13-25-7-1-2-18(25)14-4-6-19-20(10-14)28-9-8-27-19/h3-6,10-11,18H,1-2,7-9,12-13H2,(H,24,26)/p+1/t18-/m1/s1. The molecule has 0 spiro atoms. The van der Waals surface area contributed by atoms with Crippen LogP contribution in [0.25, 0.3) is 0 Å². The molecule has 148 valence electrons. The lowest BCUT2D eigenvalue weighted by Crippen LogP contribution is -3.11. The highest BCUT2D eigenvalue weighted by Gasteiger charge is 2.32. The number of nitrogens with one attached hydrogen (secondary N) is 2. The molecule has 2 aliphatic rings. The molecule has 2 atom stereocenters. The van der Waals surface area contributed by atoms with Gasteiger partial charge in [0.05, 0.1) is 6.54 Å². The number of carbonyl (C=O) groups excluding carboxylic acids is 1. The highest BCUT2D eigenvalue weighted by molar-refractivity contribution is 6.35. The first kappa shape index (κ1) is 19.4. The SMILES string of the molecule is O=C(C[NH+]1CCC[C@@H]1c1ccc2c(c1)OCCO2)NCc1ccc(Cl)cc1Cl. The summed E-state index contributed by atoms with van der Waals surface area (Å²) in [6.07, 6.45) is 2.16. The van der Waals surface area contributed by atoms with Gasteiger partial charge in [-0.1, -0.05) is 29.3 Å². The number of benzene rings is 2. The van der Waals surface area contributed by atoms with Crippen LogP contribution in [-0.2, 0) is 11.3 Å². The van der Waals surface area contributed by atoms with Gasteiger partial charge in [0.1, 0.15) is 19.3 Å². The van der Waals surface area contributed by atoms with Gasteiger partial charge in [-0.2, -0.15) is 0 Å². The van der Waals surface area contributed by atoms with Crippen molar-refractivity contribution in [2.75, 3.05) is 26.3 Å². The van der Waals surface area contributed by atoms with Crippen LogP contribution in [0.15, 0.2) is 36.4 Å². The van der Waals surface area contributed by atoms with Crippen molar-refractivity contribution >= 4 is 29.1 Å². The average molecular weight is 422 g/mol. The Labute approximate surface area is 174 Å². The number of hydrogen-bond donors (Lipinski definition) is 2. The molecule has 2 aliphatic heterocycles. The minimum absolute atomic E-state index is 0.0189. The summed E-state index contributed by atoms with van der Waals surface area (Å²) >= 11 is 12.1. The summed E-state index contributed by atoms with van der Waals surface area (Å²) in [6, 6.07) is 11.7. The van der Waals surface area contributed by atoms with Crippen LogP contribution in [0.1, 0.15) is 30.0 Å². The van der Waals surface area contributed by atoms with Crippen molar-refractivity contribution in [3.8, 4) is 11.5 Å². The molecular formula is C21H23Cl2N2O3+. The fourth-order valence-corrected chi connectivity index (χ4v) is 4.41. The largest absolute Gasteiger partial charge is 0.486 e. The number of rotatable bonds is 5. The van der Waals surface area contributed by atoms with Gasteiger partial charge in [-0.05, 0) is 35.9 Å². The van der Waals surface area contributed by atoms with Gasteiger partial charge in [0.25, 0.3) is 5.91 Å². The van der Waals surface area contributed by atoms with E-state index in [9.17, 15) is 4.79 Å². The van der Waals surface area contributed by atoms with Gasteiger partial charge in [0, 0.05) is 35.0 Å². The van der Waals surface area contributed by atoms with Crippen LogP contribution in [0.2, 0.25) is 10.0 Å². The monoisotopic (exact) mass is 421 g/mol. The lowest BCUT2D eigenvalue weighted by molar-refractivity contribution is -0.910. The van der Waals surface area contributed by atoms with E-state index in [0.717, 1.165) is 36.4 Å². The average Bonchev–Trinajstić information content (AvgIpc) is 3.15. The fraction of sp³-hybridized carbons (Fsp3) is 0.381. The van der Waals surface area contributed by atoms with Crippen molar-refractivity contribution < 1.29 is 19.2 Å². The summed E-state index contributed by atoms with van der Waals surface area (Å²) in [5, 5.41) is 4.13. The lowest BCUT2D eigenvalue weighted by atomic mass is 10.0. The number of quaternary nitrogens is 1. The normalized spacial score (nSPS) is 20.8. The van der Waals surface area contributed by atoms with E-state index in [-0.39, 0.29) is 5.91 Å². The maximum atomic E-state index is 12.5. The first-order valence-corrected chi connectivity index (χ1v) is 10.3. The molecule has 7 heteroatoms. The van der Waals surface area contributed by atoms with Crippen molar-refractivity contribution in [1.29, 1.82) is 0 Å². The smallest absolute Gasteiger partial charge is 0.275 e. The summed E-state index contributed by atoms with van der Waals surface area (Å²) in [6.45, 7) is 2.98. The zero-order valence-corrected chi connectivity index (χ0v) is 17.0. The van der Waals surface area contributed by atoms with Crippen LogP contribution in [0.4, 0.5) is 0 Å². The van der Waals surface area contributed by atoms with Crippen LogP contribution >= 0.6 is 23.2 Å². The lowest BCUT2D eigenvalue weighted by Gasteiger charge is -2.24. The minimum atomic E-state index is 0.0189. The third-order valence-electron chi connectivity index (χ3n) is 5.33. The number of fused-ring (bicyclic) bond motifs is 1. The summed E-state index contributed by atoms with van der Waals surface area (Å²) in [7, 11) is 0. The second-order valence-corrected chi connectivity index (χ2v) is 8.04. The number of likely N-dealkylation sites (tertiary alicyclic amines) is 1. The first-order valence-electron chi connectivity index (χ1n) is 9.55. The minimum Gasteiger partial charge on any atom is -0.486 e. The van der Waals surface area contributed by atoms with E-state index in [0.29, 0.717) is 42.4 Å². The molecule has 2 heterocycles. The number of amides is 1. The van der Waals surface area contributed by atoms with Crippen LogP contribution < -0.4 is 19.7 Å². The molecule has 0 aliphatic carbocycles. The van der Waals surface area contributed by atoms with Gasteiger partial charge < -0.3 is 19.7 Å². The Morgan fingerprint density at radius 3 is 2.75 bits per heavy atom. The maximum absolute atomic E-state index is 12.5. The Kier molecular flexibility index (Phi) is 5.95. The molecular weight excluding hydrogens is 399 g/mol. The second kappa shape index (κ2) is 8.60. The second-order valence-electron chi connectivity index (χ2n) is 7.20. The molecule has 0 bridgehead atoms. The molecule has 1 unspecified atom stereocenters. The maximum Gasteiger partial charge on any atom is 0.275 e. The molecule has 0 aromatic heterocycles. The van der Waals surface area contributed by atoms with Gasteiger partial charge in [-0.15, -0.1) is 0 Å². The van der Waals surface area contributed by atoms with Crippen LogP contribution in [0, 0.1) is 0 Å². The summed E-state index contributed by atoms with van der Waals surface area (Å²) in [4.78, 5) is 13.8. The van der Waals surface area contributed by atoms with E-state index in [2.05, 4.69) is 17.4 Å². The molecule has 28 heavy (non-hydrogen) atoms. The number of ether oxygens (including phenoxy) is 2. The Morgan fingerprint density at radius 1 is 1.11 bits per heavy atom. The fourth-order valence-electron chi connectivity index (χ4n) is 3.93. The molecule has 2 aromatic rings. The molecule has 1 saturated heterocycles. The van der Waals surface area contributed by atoms with Crippen molar-refractivity contribution in [2.24, 2.45) is 0 Å². The van der Waals surface area contributed by atoms with E-state index in [1.807, 2.05) is 12.1 Å². The molecule has 2 aromatic carbocycles. The van der Waals surface area contributed by atoms with E-state index in [1.54, 1.807) is 12.1 Å². The third-order valence-corrected chi connectivity index (χ3v) is 5.92. The molecule has 0 radical (unpaired) electrons. The predicted molar refractivity (Wildman–Crippen MR) is 108 cm³/mol. The Bertz CT molecular complexity index is 875. The predicted octanol–water partition coefficient (Wildman–Crippen LogP) is 2.80. The van der Waals surface area contributed by atoms with Crippen molar-refractivity contribution in [3.05, 3.63) is 57.6 Å². The molecule has 0 saturated carbocycles. The van der Waals surface area contributed by atoms with E-state index in [4.69, 9.17) is 32.7 Å². The number of halogens is 2. The van der Waals surface area contributed by atoms with Gasteiger partial charge >= 0.3 is 0 Å². The van der Waals surface area contributed by atoms with Crippen LogP contribution in [0.5, 0.6) is 11.5 Å². The van der Waals surface area contributed by atoms with E-state index < -0.39 is 0 Å². The molecule has 1 fully saturated rings. The quantitative estimate of drug-likeness (QED) is 0.780. The molecule has 4 rings (SSSR count). The zero-order chi connectivity index (χ0) is 19.5. The van der Waals surface area contributed by atoms with E-state index >= 15 is 0 Å². The third kappa shape index (κ3) is 4.37. The summed E-state index contributed by atoms with van der Waals surface area (Å²) in [5.74, 6) is 1.62. The Morgan fingerprint density at radius 2 is 1.93 bits per heavy atom. The highest BCUT2D eigenvalue weighted by Crippen LogP contribution is 2.33. The highest BCUT2D eigenvalue weighted by atomic mass is 35.5. The summed E-state index contributed by atoms with van der Waals surface area (Å²) in [5.41, 5.74) is 2.06. The topological polar surface area (TPSA) is 52.0 Å². The summed E-state index contributed by atoms with van der Waals surface area (Å²) < 4.78 is 11.3. The van der Waals surface area contributed by atoms with Gasteiger partial charge in [-0.25, -0.2) is 0 Å². The van der Waals surface area contributed by atoms with Crippen molar-refractivity contribution in [3.63, 3.8) is 0 Å². The van der Waals surface area contributed by atoms with Crippen molar-refractivity contribution in [2.45, 2.75) is 25.4 Å². The Hall–Kier alpha value is -1.95. The van der Waals surface area contributed by atoms with E-state index in [1.165, 1.54) is 10.5 Å². The van der Waals surface area contributed by atoms with Gasteiger partial charge in [0.2, 0.25) is 0 Å². The first-order chi connectivity index (χ1) is 13.6.